The van der Waals surface area contributed by atoms with Crippen molar-refractivity contribution in [2.24, 2.45) is 5.92 Å². The van der Waals surface area contributed by atoms with Crippen molar-refractivity contribution in [3.05, 3.63) is 46.3 Å². The standard InChI is InChI=1S/C22H23NO5S/c1-27-21(25)15-8-10-23(11-9-15)19(24)13-28-22(26)18-12-16-7-6-14-4-2-3-5-17(14)20(16)29-18/h2-5,12,15H,6-11,13H2,1H3. The lowest BCUT2D eigenvalue weighted by Gasteiger charge is -2.30. The summed E-state index contributed by atoms with van der Waals surface area (Å²) in [6.45, 7) is 0.668. The van der Waals surface area contributed by atoms with Gasteiger partial charge in [-0.15, -0.1) is 11.3 Å². The molecule has 1 fully saturated rings. The third-order valence-corrected chi connectivity index (χ3v) is 6.84. The molecule has 0 N–H and O–H groups in total. The van der Waals surface area contributed by atoms with Crippen LogP contribution in [0.15, 0.2) is 30.3 Å². The van der Waals surface area contributed by atoms with E-state index < -0.39 is 5.97 Å². The van der Waals surface area contributed by atoms with Crippen LogP contribution < -0.4 is 0 Å². The number of methoxy groups -OCH3 is 1. The molecule has 4 rings (SSSR count). The molecule has 2 aliphatic rings. The van der Waals surface area contributed by atoms with Gasteiger partial charge in [0.2, 0.25) is 0 Å². The van der Waals surface area contributed by atoms with Crippen LogP contribution in [0.25, 0.3) is 10.4 Å². The number of nitrogens with zero attached hydrogens (tertiary/aromatic N) is 1. The second-order valence-electron chi connectivity index (χ2n) is 7.38. The Balaban J connectivity index is 1.34. The van der Waals surface area contributed by atoms with Gasteiger partial charge in [0.05, 0.1) is 13.0 Å². The quantitative estimate of drug-likeness (QED) is 0.721. The summed E-state index contributed by atoms with van der Waals surface area (Å²) < 4.78 is 10.1. The van der Waals surface area contributed by atoms with E-state index in [1.54, 1.807) is 4.90 Å². The average molecular weight is 413 g/mol. The number of aryl methyl sites for hydroxylation is 2. The summed E-state index contributed by atoms with van der Waals surface area (Å²) in [4.78, 5) is 39.7. The molecule has 2 heterocycles. The van der Waals surface area contributed by atoms with Crippen LogP contribution in [-0.4, -0.2) is 49.6 Å². The summed E-state index contributed by atoms with van der Waals surface area (Å²) in [6, 6.07) is 10.1. The molecule has 0 spiro atoms. The molecule has 1 aromatic heterocycles. The van der Waals surface area contributed by atoms with Crippen molar-refractivity contribution < 1.29 is 23.9 Å². The molecular formula is C22H23NO5S. The number of thiophene rings is 1. The summed E-state index contributed by atoms with van der Waals surface area (Å²) in [5.41, 5.74) is 3.64. The highest BCUT2D eigenvalue weighted by molar-refractivity contribution is 7.17. The third-order valence-electron chi connectivity index (χ3n) is 5.64. The lowest BCUT2D eigenvalue weighted by atomic mass is 9.91. The minimum Gasteiger partial charge on any atom is -0.469 e. The first-order chi connectivity index (χ1) is 14.1. The van der Waals surface area contributed by atoms with Crippen molar-refractivity contribution in [3.8, 4) is 10.4 Å². The molecule has 29 heavy (non-hydrogen) atoms. The van der Waals surface area contributed by atoms with E-state index in [0.717, 1.165) is 23.3 Å². The molecule has 0 saturated carbocycles. The van der Waals surface area contributed by atoms with Gasteiger partial charge in [0.15, 0.2) is 6.61 Å². The average Bonchev–Trinajstić information content (AvgIpc) is 3.22. The van der Waals surface area contributed by atoms with E-state index in [9.17, 15) is 14.4 Å². The van der Waals surface area contributed by atoms with Crippen molar-refractivity contribution >= 4 is 29.2 Å². The number of piperidine rings is 1. The Morgan fingerprint density at radius 3 is 2.59 bits per heavy atom. The van der Waals surface area contributed by atoms with E-state index in [1.165, 1.54) is 29.6 Å². The van der Waals surface area contributed by atoms with Gasteiger partial charge in [-0.25, -0.2) is 4.79 Å². The van der Waals surface area contributed by atoms with Crippen molar-refractivity contribution in [1.29, 1.82) is 0 Å². The number of amides is 1. The Morgan fingerprint density at radius 1 is 1.10 bits per heavy atom. The van der Waals surface area contributed by atoms with Crippen LogP contribution in [0.4, 0.5) is 0 Å². The second kappa shape index (κ2) is 8.37. The van der Waals surface area contributed by atoms with Crippen LogP contribution in [-0.2, 0) is 31.9 Å². The fourth-order valence-corrected chi connectivity index (χ4v) is 5.16. The molecule has 0 unspecified atom stereocenters. The zero-order valence-electron chi connectivity index (χ0n) is 16.3. The van der Waals surface area contributed by atoms with Gasteiger partial charge in [0, 0.05) is 18.0 Å². The lowest BCUT2D eigenvalue weighted by molar-refractivity contribution is -0.149. The monoisotopic (exact) mass is 413 g/mol. The summed E-state index contributed by atoms with van der Waals surface area (Å²) in [6.07, 6.45) is 3.02. The number of benzene rings is 1. The predicted octanol–water partition coefficient (Wildman–Crippen LogP) is 3.08. The van der Waals surface area contributed by atoms with Crippen molar-refractivity contribution in [2.75, 3.05) is 26.8 Å². The molecule has 152 valence electrons. The van der Waals surface area contributed by atoms with Gasteiger partial charge in [-0.05, 0) is 48.4 Å². The number of carbonyl (C=O) groups is 3. The van der Waals surface area contributed by atoms with E-state index in [0.29, 0.717) is 30.8 Å². The minimum atomic E-state index is -0.459. The third kappa shape index (κ3) is 4.05. The number of carbonyl (C=O) groups excluding carboxylic acids is 3. The lowest BCUT2D eigenvalue weighted by Crippen LogP contribution is -2.42. The van der Waals surface area contributed by atoms with Crippen LogP contribution in [0, 0.1) is 5.92 Å². The maximum absolute atomic E-state index is 12.5. The highest BCUT2D eigenvalue weighted by Crippen LogP contribution is 2.39. The van der Waals surface area contributed by atoms with E-state index >= 15 is 0 Å². The minimum absolute atomic E-state index is 0.160. The largest absolute Gasteiger partial charge is 0.469 e. The van der Waals surface area contributed by atoms with Crippen LogP contribution in [0.1, 0.15) is 33.6 Å². The molecule has 1 aliphatic carbocycles. The molecule has 7 heteroatoms. The Hall–Kier alpha value is -2.67. The van der Waals surface area contributed by atoms with Gasteiger partial charge >= 0.3 is 11.9 Å². The van der Waals surface area contributed by atoms with Crippen LogP contribution in [0.5, 0.6) is 0 Å². The highest BCUT2D eigenvalue weighted by atomic mass is 32.1. The molecule has 2 aromatic rings. The molecular weight excluding hydrogens is 390 g/mol. The molecule has 1 aromatic carbocycles. The first kappa shape index (κ1) is 19.6. The van der Waals surface area contributed by atoms with E-state index in [2.05, 4.69) is 12.1 Å². The SMILES string of the molecule is COC(=O)C1CCN(C(=O)COC(=O)c2cc3c(s2)-c2ccccc2CC3)CC1. The van der Waals surface area contributed by atoms with Crippen molar-refractivity contribution in [3.63, 3.8) is 0 Å². The van der Waals surface area contributed by atoms with E-state index in [-0.39, 0.29) is 24.4 Å². The zero-order chi connectivity index (χ0) is 20.4. The summed E-state index contributed by atoms with van der Waals surface area (Å²) in [5, 5.41) is 0. The summed E-state index contributed by atoms with van der Waals surface area (Å²) >= 11 is 1.43. The number of rotatable bonds is 4. The van der Waals surface area contributed by atoms with Gasteiger partial charge in [0.25, 0.3) is 5.91 Å². The Kier molecular flexibility index (Phi) is 5.67. The number of esters is 2. The first-order valence-corrected chi connectivity index (χ1v) is 10.6. The Morgan fingerprint density at radius 2 is 1.83 bits per heavy atom. The maximum atomic E-state index is 12.5. The maximum Gasteiger partial charge on any atom is 0.348 e. The highest BCUT2D eigenvalue weighted by Gasteiger charge is 2.28. The second-order valence-corrected chi connectivity index (χ2v) is 8.43. The van der Waals surface area contributed by atoms with Gasteiger partial charge < -0.3 is 14.4 Å². The van der Waals surface area contributed by atoms with Gasteiger partial charge in [-0.3, -0.25) is 9.59 Å². The number of likely N-dealkylation sites (tertiary alicyclic amines) is 1. The molecule has 1 aliphatic heterocycles. The first-order valence-electron chi connectivity index (χ1n) is 9.80. The van der Waals surface area contributed by atoms with Gasteiger partial charge in [0.1, 0.15) is 4.88 Å². The fourth-order valence-electron chi connectivity index (χ4n) is 3.99. The molecule has 0 bridgehead atoms. The normalized spacial score (nSPS) is 16.0. The smallest absolute Gasteiger partial charge is 0.348 e. The topological polar surface area (TPSA) is 72.9 Å². The van der Waals surface area contributed by atoms with Crippen LogP contribution in [0.3, 0.4) is 0 Å². The number of ether oxygens (including phenoxy) is 2. The van der Waals surface area contributed by atoms with Crippen LogP contribution in [0.2, 0.25) is 0 Å². The summed E-state index contributed by atoms with van der Waals surface area (Å²) in [5.74, 6) is -1.08. The zero-order valence-corrected chi connectivity index (χ0v) is 17.1. The number of fused-ring (bicyclic) bond motifs is 3. The van der Waals surface area contributed by atoms with Crippen LogP contribution >= 0.6 is 11.3 Å². The summed E-state index contributed by atoms with van der Waals surface area (Å²) in [7, 11) is 1.38. The van der Waals surface area contributed by atoms with Gasteiger partial charge in [-0.1, -0.05) is 24.3 Å². The number of hydrogen-bond donors (Lipinski definition) is 0. The number of hydrogen-bond acceptors (Lipinski definition) is 6. The molecule has 0 atom stereocenters. The molecule has 1 saturated heterocycles. The predicted molar refractivity (Wildman–Crippen MR) is 109 cm³/mol. The fraction of sp³-hybridized carbons (Fsp3) is 0.409. The van der Waals surface area contributed by atoms with E-state index in [4.69, 9.17) is 9.47 Å². The van der Waals surface area contributed by atoms with Crippen molar-refractivity contribution in [2.45, 2.75) is 25.7 Å². The molecule has 1 amide bonds. The molecule has 6 nitrogen and oxygen atoms in total. The molecule has 0 radical (unpaired) electrons. The van der Waals surface area contributed by atoms with Crippen molar-refractivity contribution in [1.82, 2.24) is 4.90 Å². The Bertz CT molecular complexity index is 942. The Labute approximate surface area is 173 Å². The van der Waals surface area contributed by atoms with Gasteiger partial charge in [-0.2, -0.15) is 0 Å². The van der Waals surface area contributed by atoms with E-state index in [1.807, 2.05) is 18.2 Å².